The number of methoxy groups -OCH3 is 4. The first-order valence-corrected chi connectivity index (χ1v) is 9.14. The highest BCUT2D eigenvalue weighted by atomic mass is 16.5. The van der Waals surface area contributed by atoms with Gasteiger partial charge in [-0.15, -0.1) is 0 Å². The molecule has 0 fully saturated rings. The summed E-state index contributed by atoms with van der Waals surface area (Å²) >= 11 is 0. The molecular formula is C22H30O5. The molecule has 5 heteroatoms. The SMILES string of the molecule is CCCc1cc(OC)cc(C(C)[C@H](O)c2cc(OC)c(OC)c(OC)c2)c1. The molecule has 5 nitrogen and oxygen atoms in total. The molecule has 0 aromatic heterocycles. The van der Waals surface area contributed by atoms with E-state index in [9.17, 15) is 5.11 Å². The van der Waals surface area contributed by atoms with Crippen LogP contribution in [0.3, 0.4) is 0 Å². The Hall–Kier alpha value is -2.40. The first-order valence-electron chi connectivity index (χ1n) is 9.14. The molecular weight excluding hydrogens is 344 g/mol. The average Bonchev–Trinajstić information content (AvgIpc) is 2.71. The molecule has 0 aliphatic carbocycles. The summed E-state index contributed by atoms with van der Waals surface area (Å²) in [7, 11) is 6.35. The van der Waals surface area contributed by atoms with Crippen molar-refractivity contribution in [3.05, 3.63) is 47.0 Å². The van der Waals surface area contributed by atoms with Crippen molar-refractivity contribution >= 4 is 0 Å². The van der Waals surface area contributed by atoms with E-state index in [1.54, 1.807) is 40.6 Å². The number of hydrogen-bond acceptors (Lipinski definition) is 5. The highest BCUT2D eigenvalue weighted by Gasteiger charge is 2.23. The molecule has 2 rings (SSSR count). The van der Waals surface area contributed by atoms with Gasteiger partial charge in [-0.3, -0.25) is 0 Å². The second kappa shape index (κ2) is 9.51. The fourth-order valence-corrected chi connectivity index (χ4v) is 3.24. The molecule has 1 N–H and O–H groups in total. The lowest BCUT2D eigenvalue weighted by atomic mass is 9.89. The molecule has 0 aliphatic rings. The van der Waals surface area contributed by atoms with Crippen molar-refractivity contribution in [1.29, 1.82) is 0 Å². The topological polar surface area (TPSA) is 57.2 Å². The van der Waals surface area contributed by atoms with Crippen molar-refractivity contribution in [2.45, 2.75) is 38.7 Å². The van der Waals surface area contributed by atoms with Crippen molar-refractivity contribution in [2.75, 3.05) is 28.4 Å². The van der Waals surface area contributed by atoms with Crippen LogP contribution in [0.2, 0.25) is 0 Å². The van der Waals surface area contributed by atoms with Crippen LogP contribution < -0.4 is 18.9 Å². The van der Waals surface area contributed by atoms with Crippen LogP contribution in [-0.2, 0) is 6.42 Å². The number of aliphatic hydroxyl groups excluding tert-OH is 1. The Morgan fingerprint density at radius 1 is 0.815 bits per heavy atom. The lowest BCUT2D eigenvalue weighted by molar-refractivity contribution is 0.150. The molecule has 0 saturated heterocycles. The molecule has 0 spiro atoms. The maximum absolute atomic E-state index is 11.0. The standard InChI is InChI=1S/C22H30O5/c1-7-8-15-9-16(11-18(10-15)24-3)14(2)21(23)17-12-19(25-4)22(27-6)20(13-17)26-5/h9-14,21,23H,7-8H2,1-6H3/t14?,21-/m0/s1. The van der Waals surface area contributed by atoms with Crippen LogP contribution in [0.25, 0.3) is 0 Å². The second-order valence-electron chi connectivity index (χ2n) is 6.56. The number of aliphatic hydroxyl groups is 1. The molecule has 1 unspecified atom stereocenters. The van der Waals surface area contributed by atoms with Gasteiger partial charge in [0.1, 0.15) is 5.75 Å². The molecule has 2 atom stereocenters. The summed E-state index contributed by atoms with van der Waals surface area (Å²) in [6.45, 7) is 4.14. The third-order valence-corrected chi connectivity index (χ3v) is 4.79. The molecule has 0 amide bonds. The Kier molecular flexibility index (Phi) is 7.36. The van der Waals surface area contributed by atoms with Crippen molar-refractivity contribution in [1.82, 2.24) is 0 Å². The molecule has 2 aromatic rings. The Morgan fingerprint density at radius 2 is 1.44 bits per heavy atom. The zero-order valence-corrected chi connectivity index (χ0v) is 17.0. The zero-order chi connectivity index (χ0) is 20.0. The fraction of sp³-hybridized carbons (Fsp3) is 0.455. The van der Waals surface area contributed by atoms with E-state index in [0.29, 0.717) is 22.8 Å². The Balaban J connectivity index is 2.42. The van der Waals surface area contributed by atoms with Gasteiger partial charge in [-0.05, 0) is 47.4 Å². The van der Waals surface area contributed by atoms with Gasteiger partial charge in [-0.2, -0.15) is 0 Å². The smallest absolute Gasteiger partial charge is 0.203 e. The lowest BCUT2D eigenvalue weighted by Gasteiger charge is -2.23. The van der Waals surface area contributed by atoms with Gasteiger partial charge in [0, 0.05) is 5.92 Å². The molecule has 2 aromatic carbocycles. The molecule has 0 radical (unpaired) electrons. The van der Waals surface area contributed by atoms with Gasteiger partial charge in [0.25, 0.3) is 0 Å². The molecule has 0 aliphatic heterocycles. The number of hydrogen-bond donors (Lipinski definition) is 1. The van der Waals surface area contributed by atoms with Gasteiger partial charge in [-0.1, -0.05) is 26.3 Å². The van der Waals surface area contributed by atoms with Crippen LogP contribution in [0.4, 0.5) is 0 Å². The van der Waals surface area contributed by atoms with Gasteiger partial charge >= 0.3 is 0 Å². The molecule has 0 saturated carbocycles. The minimum Gasteiger partial charge on any atom is -0.497 e. The summed E-state index contributed by atoms with van der Waals surface area (Å²) in [4.78, 5) is 0. The maximum atomic E-state index is 11.0. The molecule has 0 heterocycles. The van der Waals surface area contributed by atoms with E-state index < -0.39 is 6.10 Å². The van der Waals surface area contributed by atoms with E-state index in [1.165, 1.54) is 5.56 Å². The van der Waals surface area contributed by atoms with Crippen LogP contribution >= 0.6 is 0 Å². The average molecular weight is 374 g/mol. The van der Waals surface area contributed by atoms with E-state index in [-0.39, 0.29) is 5.92 Å². The number of benzene rings is 2. The second-order valence-corrected chi connectivity index (χ2v) is 6.56. The minimum atomic E-state index is -0.736. The third kappa shape index (κ3) is 4.66. The van der Waals surface area contributed by atoms with Crippen LogP contribution in [0.5, 0.6) is 23.0 Å². The monoisotopic (exact) mass is 374 g/mol. The van der Waals surface area contributed by atoms with Crippen LogP contribution in [0.1, 0.15) is 49.0 Å². The lowest BCUT2D eigenvalue weighted by Crippen LogP contribution is -2.09. The van der Waals surface area contributed by atoms with E-state index in [1.807, 2.05) is 19.1 Å². The minimum absolute atomic E-state index is 0.140. The fourth-order valence-electron chi connectivity index (χ4n) is 3.24. The summed E-state index contributed by atoms with van der Waals surface area (Å²) < 4.78 is 21.6. The first kappa shape index (κ1) is 20.9. The summed E-state index contributed by atoms with van der Waals surface area (Å²) in [5.74, 6) is 2.22. The summed E-state index contributed by atoms with van der Waals surface area (Å²) in [5, 5.41) is 11.0. The quantitative estimate of drug-likeness (QED) is 0.700. The summed E-state index contributed by atoms with van der Waals surface area (Å²) in [5.41, 5.74) is 2.94. The van der Waals surface area contributed by atoms with Crippen LogP contribution in [0.15, 0.2) is 30.3 Å². The maximum Gasteiger partial charge on any atom is 0.203 e. The van der Waals surface area contributed by atoms with Crippen LogP contribution in [-0.4, -0.2) is 33.5 Å². The number of aryl methyl sites for hydroxylation is 1. The summed E-state index contributed by atoms with van der Waals surface area (Å²) in [6, 6.07) is 9.74. The Morgan fingerprint density at radius 3 is 1.93 bits per heavy atom. The Labute approximate surface area is 161 Å². The van der Waals surface area contributed by atoms with Crippen molar-refractivity contribution in [3.63, 3.8) is 0 Å². The summed E-state index contributed by atoms with van der Waals surface area (Å²) in [6.07, 6.45) is 1.29. The van der Waals surface area contributed by atoms with Gasteiger partial charge in [0.05, 0.1) is 34.5 Å². The van der Waals surface area contributed by atoms with Gasteiger partial charge in [0.15, 0.2) is 11.5 Å². The van der Waals surface area contributed by atoms with E-state index in [2.05, 4.69) is 13.0 Å². The largest absolute Gasteiger partial charge is 0.497 e. The van der Waals surface area contributed by atoms with Gasteiger partial charge in [0.2, 0.25) is 5.75 Å². The number of rotatable bonds is 9. The van der Waals surface area contributed by atoms with Crippen molar-refractivity contribution < 1.29 is 24.1 Å². The first-order chi connectivity index (χ1) is 13.0. The third-order valence-electron chi connectivity index (χ3n) is 4.79. The highest BCUT2D eigenvalue weighted by Crippen LogP contribution is 2.42. The zero-order valence-electron chi connectivity index (χ0n) is 17.0. The van der Waals surface area contributed by atoms with E-state index >= 15 is 0 Å². The number of ether oxygens (including phenoxy) is 4. The highest BCUT2D eigenvalue weighted by molar-refractivity contribution is 5.54. The van der Waals surface area contributed by atoms with E-state index in [0.717, 1.165) is 24.2 Å². The van der Waals surface area contributed by atoms with E-state index in [4.69, 9.17) is 18.9 Å². The predicted octanol–water partition coefficient (Wildman–Crippen LogP) is 4.51. The Bertz CT molecular complexity index is 731. The molecule has 27 heavy (non-hydrogen) atoms. The predicted molar refractivity (Wildman–Crippen MR) is 106 cm³/mol. The normalized spacial score (nSPS) is 13.0. The molecule has 0 bridgehead atoms. The van der Waals surface area contributed by atoms with Gasteiger partial charge in [-0.25, -0.2) is 0 Å². The van der Waals surface area contributed by atoms with Crippen molar-refractivity contribution in [2.24, 2.45) is 0 Å². The van der Waals surface area contributed by atoms with Gasteiger partial charge < -0.3 is 24.1 Å². The van der Waals surface area contributed by atoms with Crippen molar-refractivity contribution in [3.8, 4) is 23.0 Å². The van der Waals surface area contributed by atoms with Crippen LogP contribution in [0, 0.1) is 0 Å². The molecule has 148 valence electrons.